The summed E-state index contributed by atoms with van der Waals surface area (Å²) in [5, 5.41) is 14.8. The van der Waals surface area contributed by atoms with Crippen LogP contribution < -0.4 is 4.74 Å². The van der Waals surface area contributed by atoms with Gasteiger partial charge in [0, 0.05) is 18.1 Å². The van der Waals surface area contributed by atoms with Crippen LogP contribution in [0.1, 0.15) is 12.0 Å². The summed E-state index contributed by atoms with van der Waals surface area (Å²) in [6, 6.07) is 6.02. The number of hydrogen-bond donors (Lipinski definition) is 2. The molecule has 2 rings (SSSR count). The van der Waals surface area contributed by atoms with Gasteiger partial charge in [0.25, 0.3) is 0 Å². The Kier molecular flexibility index (Phi) is 8.27. The molecule has 0 radical (unpaired) electrons. The predicted octanol–water partition coefficient (Wildman–Crippen LogP) is 1.92. The van der Waals surface area contributed by atoms with Gasteiger partial charge in [0.1, 0.15) is 16.8 Å². The molecule has 0 amide bonds. The average molecular weight is 433 g/mol. The first kappa shape index (κ1) is 21.3. The largest absolute Gasteiger partial charge is 0.488 e. The van der Waals surface area contributed by atoms with E-state index < -0.39 is 11.9 Å². The van der Waals surface area contributed by atoms with Crippen LogP contribution in [0.2, 0.25) is 0 Å². The lowest BCUT2D eigenvalue weighted by Crippen LogP contribution is -2.35. The second-order valence-corrected chi connectivity index (χ2v) is 7.07. The molecule has 1 heterocycles. The first-order valence-corrected chi connectivity index (χ1v) is 8.64. The zero-order valence-corrected chi connectivity index (χ0v) is 16.6. The van der Waals surface area contributed by atoms with Gasteiger partial charge in [-0.1, -0.05) is 28.1 Å². The summed E-state index contributed by atoms with van der Waals surface area (Å²) in [7, 11) is 6.19. The van der Waals surface area contributed by atoms with Gasteiger partial charge in [-0.3, -0.25) is 0 Å². The summed E-state index contributed by atoms with van der Waals surface area (Å²) < 4.78 is 7.15. The average Bonchev–Trinajstić information content (AvgIpc) is 2.64. The van der Waals surface area contributed by atoms with Crippen LogP contribution >= 0.6 is 28.1 Å². The van der Waals surface area contributed by atoms with Crippen LogP contribution in [0.25, 0.3) is 0 Å². The van der Waals surface area contributed by atoms with Crippen molar-refractivity contribution < 1.29 is 24.5 Å². The molecule has 1 aliphatic heterocycles. The van der Waals surface area contributed by atoms with E-state index in [9.17, 15) is 0 Å². The second-order valence-electron chi connectivity index (χ2n) is 5.77. The van der Waals surface area contributed by atoms with Crippen LogP contribution in [-0.2, 0) is 9.59 Å². The highest BCUT2D eigenvalue weighted by Gasteiger charge is 2.24. The van der Waals surface area contributed by atoms with Crippen molar-refractivity contribution >= 4 is 45.1 Å². The van der Waals surface area contributed by atoms with E-state index in [0.717, 1.165) is 40.3 Å². The number of aliphatic carboxylic acids is 2. The van der Waals surface area contributed by atoms with Crippen LogP contribution in [0, 0.1) is 0 Å². The van der Waals surface area contributed by atoms with Crippen LogP contribution in [0.4, 0.5) is 0 Å². The standard InChI is InChI=1S/C14H19BrN2OS.C2H2O4/c1-16(2)7-6-11-9-17(3)14(19)12-8-10(15)4-5-13(12)18-11;3-1(4)2(5)6/h4-5,8,11H,6-7,9H2,1-3H3;(H,3,4)(H,5,6). The minimum absolute atomic E-state index is 0.174. The minimum atomic E-state index is -1.82. The van der Waals surface area contributed by atoms with Crippen molar-refractivity contribution in [1.82, 2.24) is 9.80 Å². The number of carbonyl (C=O) groups is 2. The molecule has 0 fully saturated rings. The number of carboxylic acid groups (broad SMARTS) is 2. The van der Waals surface area contributed by atoms with Crippen LogP contribution in [-0.4, -0.2) is 77.3 Å². The van der Waals surface area contributed by atoms with Crippen molar-refractivity contribution in [3.05, 3.63) is 28.2 Å². The van der Waals surface area contributed by atoms with E-state index in [1.54, 1.807) is 0 Å². The van der Waals surface area contributed by atoms with Gasteiger partial charge in [-0.2, -0.15) is 0 Å². The lowest BCUT2D eigenvalue weighted by molar-refractivity contribution is -0.159. The lowest BCUT2D eigenvalue weighted by atomic mass is 10.2. The maximum Gasteiger partial charge on any atom is 0.414 e. The van der Waals surface area contributed by atoms with E-state index in [2.05, 4.69) is 39.8 Å². The number of likely N-dealkylation sites (N-methyl/N-ethyl adjacent to an activating group) is 1. The molecule has 1 atom stereocenters. The van der Waals surface area contributed by atoms with Crippen molar-refractivity contribution in [3.8, 4) is 5.75 Å². The fourth-order valence-electron chi connectivity index (χ4n) is 2.14. The number of hydrogen-bond acceptors (Lipinski definition) is 5. The molecule has 0 saturated heterocycles. The van der Waals surface area contributed by atoms with Crippen molar-refractivity contribution in [3.63, 3.8) is 0 Å². The Hall–Kier alpha value is -1.71. The summed E-state index contributed by atoms with van der Waals surface area (Å²) in [4.78, 5) is 23.3. The maximum atomic E-state index is 9.10. The highest BCUT2D eigenvalue weighted by atomic mass is 79.9. The quantitative estimate of drug-likeness (QED) is 0.552. The molecular formula is C16H21BrN2O5S. The van der Waals surface area contributed by atoms with E-state index in [-0.39, 0.29) is 6.10 Å². The second kappa shape index (κ2) is 9.69. The zero-order chi connectivity index (χ0) is 19.1. The molecule has 0 aliphatic carbocycles. The van der Waals surface area contributed by atoms with Gasteiger partial charge >= 0.3 is 11.9 Å². The normalized spacial score (nSPS) is 16.3. The fourth-order valence-corrected chi connectivity index (χ4v) is 2.73. The Bertz CT molecular complexity index is 641. The highest BCUT2D eigenvalue weighted by Crippen LogP contribution is 2.28. The van der Waals surface area contributed by atoms with Crippen molar-refractivity contribution in [2.75, 3.05) is 34.2 Å². The minimum Gasteiger partial charge on any atom is -0.488 e. The molecule has 0 spiro atoms. The Morgan fingerprint density at radius 3 is 2.48 bits per heavy atom. The Balaban J connectivity index is 0.000000450. The van der Waals surface area contributed by atoms with Gasteiger partial charge in [-0.25, -0.2) is 9.59 Å². The smallest absolute Gasteiger partial charge is 0.414 e. The number of thiocarbonyl (C=S) groups is 1. The molecule has 2 N–H and O–H groups in total. The molecule has 0 bridgehead atoms. The number of nitrogens with zero attached hydrogens (tertiary/aromatic N) is 2. The van der Waals surface area contributed by atoms with Crippen molar-refractivity contribution in [1.29, 1.82) is 0 Å². The van der Waals surface area contributed by atoms with E-state index in [0.29, 0.717) is 0 Å². The van der Waals surface area contributed by atoms with Gasteiger partial charge in [0.15, 0.2) is 0 Å². The van der Waals surface area contributed by atoms with Crippen molar-refractivity contribution in [2.24, 2.45) is 0 Å². The summed E-state index contributed by atoms with van der Waals surface area (Å²) in [6.45, 7) is 1.84. The van der Waals surface area contributed by atoms with Crippen LogP contribution in [0.5, 0.6) is 5.75 Å². The topological polar surface area (TPSA) is 90.3 Å². The van der Waals surface area contributed by atoms with Gasteiger partial charge < -0.3 is 24.7 Å². The number of fused-ring (bicyclic) bond motifs is 1. The van der Waals surface area contributed by atoms with Crippen molar-refractivity contribution in [2.45, 2.75) is 12.5 Å². The maximum absolute atomic E-state index is 9.10. The third kappa shape index (κ3) is 6.97. The number of ether oxygens (including phenoxy) is 1. The molecule has 7 nitrogen and oxygen atoms in total. The Morgan fingerprint density at radius 2 is 1.96 bits per heavy atom. The van der Waals surface area contributed by atoms with Gasteiger partial charge in [-0.15, -0.1) is 0 Å². The molecule has 9 heteroatoms. The predicted molar refractivity (Wildman–Crippen MR) is 101 cm³/mol. The highest BCUT2D eigenvalue weighted by molar-refractivity contribution is 9.10. The molecule has 1 aromatic carbocycles. The Morgan fingerprint density at radius 1 is 1.36 bits per heavy atom. The number of halogens is 1. The molecule has 0 saturated carbocycles. The molecule has 1 aliphatic rings. The third-order valence-electron chi connectivity index (χ3n) is 3.37. The fraction of sp³-hybridized carbons (Fsp3) is 0.438. The van der Waals surface area contributed by atoms with E-state index >= 15 is 0 Å². The molecule has 1 aromatic rings. The van der Waals surface area contributed by atoms with Crippen LogP contribution in [0.3, 0.4) is 0 Å². The molecule has 138 valence electrons. The first-order valence-electron chi connectivity index (χ1n) is 7.44. The van der Waals surface area contributed by atoms with Gasteiger partial charge in [0.05, 0.1) is 12.1 Å². The van der Waals surface area contributed by atoms with E-state index in [1.165, 1.54) is 0 Å². The monoisotopic (exact) mass is 432 g/mol. The molecule has 1 unspecified atom stereocenters. The summed E-state index contributed by atoms with van der Waals surface area (Å²) in [5.74, 6) is -2.76. The third-order valence-corrected chi connectivity index (χ3v) is 4.40. The molecular weight excluding hydrogens is 412 g/mol. The number of benzene rings is 1. The summed E-state index contributed by atoms with van der Waals surface area (Å²) in [6.07, 6.45) is 1.17. The molecule has 0 aromatic heterocycles. The number of carboxylic acids is 2. The van der Waals surface area contributed by atoms with E-state index in [4.69, 9.17) is 36.8 Å². The number of rotatable bonds is 3. The Labute approximate surface area is 160 Å². The van der Waals surface area contributed by atoms with Gasteiger partial charge in [0.2, 0.25) is 0 Å². The zero-order valence-electron chi connectivity index (χ0n) is 14.2. The SMILES string of the molecule is CN(C)CCC1CN(C)C(=S)c2cc(Br)ccc2O1.O=C(O)C(=O)O. The first-order chi connectivity index (χ1) is 11.6. The molecule has 25 heavy (non-hydrogen) atoms. The van der Waals surface area contributed by atoms with E-state index in [1.807, 2.05) is 25.2 Å². The lowest BCUT2D eigenvalue weighted by Gasteiger charge is -2.22. The summed E-state index contributed by atoms with van der Waals surface area (Å²) in [5.41, 5.74) is 0.999. The van der Waals surface area contributed by atoms with Gasteiger partial charge in [-0.05, 0) is 38.7 Å². The van der Waals surface area contributed by atoms with Crippen LogP contribution in [0.15, 0.2) is 22.7 Å². The summed E-state index contributed by atoms with van der Waals surface area (Å²) >= 11 is 9.02.